The highest BCUT2D eigenvalue weighted by Gasteiger charge is 2.29. The molecule has 0 radical (unpaired) electrons. The molecule has 3 heterocycles. The Morgan fingerprint density at radius 2 is 1.81 bits per heavy atom. The second-order valence-corrected chi connectivity index (χ2v) is 8.73. The molecule has 2 atom stereocenters. The van der Waals surface area contributed by atoms with E-state index in [4.69, 9.17) is 0 Å². The van der Waals surface area contributed by atoms with Crippen LogP contribution in [0.2, 0.25) is 0 Å². The number of imidazole rings is 1. The summed E-state index contributed by atoms with van der Waals surface area (Å²) in [5.41, 5.74) is 1.00. The normalized spacial score (nSPS) is 21.2. The first kappa shape index (κ1) is 21.6. The lowest BCUT2D eigenvalue weighted by atomic mass is 10.0. The zero-order chi connectivity index (χ0) is 21.8. The number of nitrogens with zero attached hydrogens (tertiary/aromatic N) is 5. The van der Waals surface area contributed by atoms with E-state index in [-0.39, 0.29) is 17.9 Å². The number of piperazine rings is 1. The van der Waals surface area contributed by atoms with Crippen molar-refractivity contribution in [2.24, 2.45) is 0 Å². The van der Waals surface area contributed by atoms with Crippen LogP contribution in [0.25, 0.3) is 11.4 Å². The van der Waals surface area contributed by atoms with E-state index in [2.05, 4.69) is 16.8 Å². The summed E-state index contributed by atoms with van der Waals surface area (Å²) in [4.78, 5) is 36.5. The van der Waals surface area contributed by atoms with Gasteiger partial charge in [0, 0.05) is 56.7 Å². The molecule has 0 spiro atoms. The summed E-state index contributed by atoms with van der Waals surface area (Å²) in [6.45, 7) is 8.21. The molecule has 0 N–H and O–H groups in total. The number of carbonyl (C=O) groups excluding carboxylic acids is 2. The molecular formula is C24H33N5O2. The molecule has 0 aliphatic carbocycles. The Hall–Kier alpha value is -2.67. The molecule has 2 aliphatic rings. The maximum absolute atomic E-state index is 13.2. The van der Waals surface area contributed by atoms with Crippen molar-refractivity contribution >= 4 is 11.8 Å². The number of carbonyl (C=O) groups is 2. The standard InChI is InChI=1S/C24H33N5O2/c1-19-8-6-7-12-28(19)22(30)18-26-14-16-27(17-15-26)24(31)20(2)29-13-11-25-23(29)21-9-4-3-5-10-21/h3-5,9-11,13,19-20H,6-8,12,14-18H2,1-2H3/t19-,20-/m1/s1. The summed E-state index contributed by atoms with van der Waals surface area (Å²) >= 11 is 0. The summed E-state index contributed by atoms with van der Waals surface area (Å²) in [5, 5.41) is 0. The largest absolute Gasteiger partial charge is 0.339 e. The Morgan fingerprint density at radius 1 is 1.06 bits per heavy atom. The number of likely N-dealkylation sites (tertiary alicyclic amines) is 1. The Bertz CT molecular complexity index is 888. The summed E-state index contributed by atoms with van der Waals surface area (Å²) < 4.78 is 1.95. The van der Waals surface area contributed by atoms with Crippen molar-refractivity contribution in [1.29, 1.82) is 0 Å². The molecular weight excluding hydrogens is 390 g/mol. The third-order valence-corrected chi connectivity index (χ3v) is 6.64. The number of hydrogen-bond acceptors (Lipinski definition) is 4. The molecule has 2 aliphatic heterocycles. The monoisotopic (exact) mass is 423 g/mol. The fourth-order valence-corrected chi connectivity index (χ4v) is 4.70. The first-order chi connectivity index (χ1) is 15.0. The van der Waals surface area contributed by atoms with E-state index in [0.29, 0.717) is 25.7 Å². The van der Waals surface area contributed by atoms with Crippen LogP contribution in [0.3, 0.4) is 0 Å². The first-order valence-corrected chi connectivity index (χ1v) is 11.4. The Morgan fingerprint density at radius 3 is 2.52 bits per heavy atom. The van der Waals surface area contributed by atoms with Gasteiger partial charge in [-0.1, -0.05) is 30.3 Å². The lowest BCUT2D eigenvalue weighted by Gasteiger charge is -2.38. The zero-order valence-corrected chi connectivity index (χ0v) is 18.6. The van der Waals surface area contributed by atoms with Crippen LogP contribution in [0.5, 0.6) is 0 Å². The van der Waals surface area contributed by atoms with E-state index in [9.17, 15) is 9.59 Å². The summed E-state index contributed by atoms with van der Waals surface area (Å²) in [6, 6.07) is 9.97. The molecule has 0 saturated carbocycles. The van der Waals surface area contributed by atoms with Crippen molar-refractivity contribution in [3.05, 3.63) is 42.7 Å². The van der Waals surface area contributed by atoms with Gasteiger partial charge >= 0.3 is 0 Å². The van der Waals surface area contributed by atoms with Crippen LogP contribution in [-0.2, 0) is 9.59 Å². The summed E-state index contributed by atoms with van der Waals surface area (Å²) in [5.74, 6) is 1.14. The Labute approximate surface area is 184 Å². The number of rotatable bonds is 5. The van der Waals surface area contributed by atoms with Crippen molar-refractivity contribution in [1.82, 2.24) is 24.3 Å². The van der Waals surface area contributed by atoms with Gasteiger partial charge in [-0.3, -0.25) is 14.5 Å². The number of amides is 2. The maximum Gasteiger partial charge on any atom is 0.245 e. The Kier molecular flexibility index (Phi) is 6.70. The number of piperidine rings is 1. The second kappa shape index (κ2) is 9.64. The number of aromatic nitrogens is 2. The summed E-state index contributed by atoms with van der Waals surface area (Å²) in [6.07, 6.45) is 7.05. The van der Waals surface area contributed by atoms with Gasteiger partial charge in [0.2, 0.25) is 11.8 Å². The van der Waals surface area contributed by atoms with Gasteiger partial charge in [-0.05, 0) is 33.1 Å². The minimum atomic E-state index is -0.319. The van der Waals surface area contributed by atoms with Crippen LogP contribution >= 0.6 is 0 Å². The molecule has 166 valence electrons. The van der Waals surface area contributed by atoms with Crippen molar-refractivity contribution in [2.45, 2.75) is 45.2 Å². The molecule has 1 aromatic carbocycles. The molecule has 4 rings (SSSR count). The van der Waals surface area contributed by atoms with E-state index in [0.717, 1.165) is 43.9 Å². The minimum absolute atomic E-state index is 0.103. The predicted octanol–water partition coefficient (Wildman–Crippen LogP) is 2.66. The molecule has 31 heavy (non-hydrogen) atoms. The van der Waals surface area contributed by atoms with Crippen molar-refractivity contribution in [3.8, 4) is 11.4 Å². The van der Waals surface area contributed by atoms with Crippen LogP contribution in [0, 0.1) is 0 Å². The fraction of sp³-hybridized carbons (Fsp3) is 0.542. The van der Waals surface area contributed by atoms with Crippen LogP contribution < -0.4 is 0 Å². The smallest absolute Gasteiger partial charge is 0.245 e. The molecule has 1 aromatic heterocycles. The van der Waals surface area contributed by atoms with E-state index < -0.39 is 0 Å². The van der Waals surface area contributed by atoms with Gasteiger partial charge in [-0.25, -0.2) is 4.98 Å². The van der Waals surface area contributed by atoms with E-state index in [1.165, 1.54) is 6.42 Å². The van der Waals surface area contributed by atoms with Crippen LogP contribution in [0.1, 0.15) is 39.2 Å². The minimum Gasteiger partial charge on any atom is -0.339 e. The lowest BCUT2D eigenvalue weighted by molar-refractivity contribution is -0.138. The average molecular weight is 424 g/mol. The van der Waals surface area contributed by atoms with Crippen LogP contribution in [-0.4, -0.2) is 81.4 Å². The molecule has 0 bridgehead atoms. The van der Waals surface area contributed by atoms with E-state index in [1.807, 2.05) is 57.8 Å². The first-order valence-electron chi connectivity index (χ1n) is 11.4. The fourth-order valence-electron chi connectivity index (χ4n) is 4.70. The van der Waals surface area contributed by atoms with Gasteiger partial charge in [0.15, 0.2) is 0 Å². The quantitative estimate of drug-likeness (QED) is 0.742. The highest BCUT2D eigenvalue weighted by Crippen LogP contribution is 2.23. The van der Waals surface area contributed by atoms with Gasteiger partial charge in [-0.2, -0.15) is 0 Å². The molecule has 2 amide bonds. The molecule has 7 heteroatoms. The third kappa shape index (κ3) is 4.82. The SMILES string of the molecule is C[C@@H]1CCCCN1C(=O)CN1CCN(C(=O)[C@@H](C)n2ccnc2-c2ccccc2)CC1. The van der Waals surface area contributed by atoms with Gasteiger partial charge in [-0.15, -0.1) is 0 Å². The topological polar surface area (TPSA) is 61.7 Å². The van der Waals surface area contributed by atoms with Crippen molar-refractivity contribution in [2.75, 3.05) is 39.3 Å². The van der Waals surface area contributed by atoms with Gasteiger partial charge in [0.05, 0.1) is 6.54 Å². The maximum atomic E-state index is 13.2. The molecule has 2 fully saturated rings. The van der Waals surface area contributed by atoms with Gasteiger partial charge in [0.25, 0.3) is 0 Å². The van der Waals surface area contributed by atoms with Crippen molar-refractivity contribution in [3.63, 3.8) is 0 Å². The van der Waals surface area contributed by atoms with E-state index >= 15 is 0 Å². The van der Waals surface area contributed by atoms with Crippen LogP contribution in [0.4, 0.5) is 0 Å². The average Bonchev–Trinajstić information content (AvgIpc) is 3.29. The molecule has 2 saturated heterocycles. The second-order valence-electron chi connectivity index (χ2n) is 8.73. The highest BCUT2D eigenvalue weighted by molar-refractivity contribution is 5.81. The molecule has 2 aromatic rings. The van der Waals surface area contributed by atoms with Gasteiger partial charge in [0.1, 0.15) is 11.9 Å². The third-order valence-electron chi connectivity index (χ3n) is 6.64. The number of benzene rings is 1. The van der Waals surface area contributed by atoms with Crippen molar-refractivity contribution < 1.29 is 9.59 Å². The van der Waals surface area contributed by atoms with E-state index in [1.54, 1.807) is 6.20 Å². The highest BCUT2D eigenvalue weighted by atomic mass is 16.2. The predicted molar refractivity (Wildman–Crippen MR) is 120 cm³/mol. The Balaban J connectivity index is 1.32. The summed E-state index contributed by atoms with van der Waals surface area (Å²) in [7, 11) is 0. The molecule has 0 unspecified atom stereocenters. The molecule has 7 nitrogen and oxygen atoms in total. The van der Waals surface area contributed by atoms with Gasteiger partial charge < -0.3 is 14.4 Å². The number of hydrogen-bond donors (Lipinski definition) is 0. The van der Waals surface area contributed by atoms with Crippen LogP contribution in [0.15, 0.2) is 42.7 Å². The zero-order valence-electron chi connectivity index (χ0n) is 18.6. The lowest BCUT2D eigenvalue weighted by Crippen LogP contribution is -2.53.